The van der Waals surface area contributed by atoms with Gasteiger partial charge in [-0.3, -0.25) is 0 Å². The third-order valence-electron chi connectivity index (χ3n) is 3.54. The lowest BCUT2D eigenvalue weighted by Gasteiger charge is -2.16. The molecule has 110 valence electrons. The molecule has 0 radical (unpaired) electrons. The van der Waals surface area contributed by atoms with Crippen LogP contribution in [-0.2, 0) is 6.42 Å². The Hall–Kier alpha value is -2.30. The maximum absolute atomic E-state index is 13.0. The molecule has 3 rings (SSSR count). The van der Waals surface area contributed by atoms with Crippen LogP contribution in [0.1, 0.15) is 17.6 Å². The van der Waals surface area contributed by atoms with Crippen LogP contribution in [0.2, 0.25) is 0 Å². The van der Waals surface area contributed by atoms with E-state index in [2.05, 4.69) is 5.32 Å². The summed E-state index contributed by atoms with van der Waals surface area (Å²) in [6.07, 6.45) is -1.83. The summed E-state index contributed by atoms with van der Waals surface area (Å²) in [5, 5.41) is 3.04. The number of benzene rings is 2. The average molecular weight is 290 g/mol. The Morgan fingerprint density at radius 3 is 2.81 bits per heavy atom. The first-order valence-corrected chi connectivity index (χ1v) is 6.79. The van der Waals surface area contributed by atoms with Crippen molar-refractivity contribution in [3.63, 3.8) is 0 Å². The largest absolute Gasteiger partial charge is 0.488 e. The first kappa shape index (κ1) is 13.7. The van der Waals surface area contributed by atoms with Gasteiger partial charge in [-0.1, -0.05) is 18.2 Å². The summed E-state index contributed by atoms with van der Waals surface area (Å²) in [6, 6.07) is 12.3. The molecule has 0 saturated carbocycles. The number of rotatable bonds is 4. The first-order chi connectivity index (χ1) is 10.1. The molecule has 0 saturated heterocycles. The van der Waals surface area contributed by atoms with Crippen molar-refractivity contribution in [3.05, 3.63) is 53.6 Å². The molecule has 1 aliphatic rings. The lowest BCUT2D eigenvalue weighted by molar-refractivity contribution is 0.152. The minimum atomic E-state index is -2.56. The summed E-state index contributed by atoms with van der Waals surface area (Å²) in [6.45, 7) is 0.471. The zero-order valence-electron chi connectivity index (χ0n) is 11.4. The summed E-state index contributed by atoms with van der Waals surface area (Å²) >= 11 is 0. The van der Waals surface area contributed by atoms with E-state index in [1.54, 1.807) is 12.1 Å². The van der Waals surface area contributed by atoms with Crippen molar-refractivity contribution in [1.82, 2.24) is 0 Å². The molecule has 0 spiro atoms. The van der Waals surface area contributed by atoms with Gasteiger partial charge in [-0.2, -0.15) is 0 Å². The number of fused-ring (bicyclic) bond motifs is 1. The lowest BCUT2D eigenvalue weighted by Crippen LogP contribution is -2.24. The highest BCUT2D eigenvalue weighted by atomic mass is 19.3. The SMILES string of the molecule is Nc1ccc(NCC2Cc3ccccc3O2)c(C(F)F)c1. The van der Waals surface area contributed by atoms with Crippen LogP contribution in [0.15, 0.2) is 42.5 Å². The second-order valence-electron chi connectivity index (χ2n) is 5.08. The number of hydrogen-bond acceptors (Lipinski definition) is 3. The lowest BCUT2D eigenvalue weighted by atomic mass is 10.1. The number of alkyl halides is 2. The van der Waals surface area contributed by atoms with Gasteiger partial charge in [-0.05, 0) is 29.8 Å². The Balaban J connectivity index is 1.67. The Bertz CT molecular complexity index is 621. The van der Waals surface area contributed by atoms with E-state index >= 15 is 0 Å². The monoisotopic (exact) mass is 290 g/mol. The maximum atomic E-state index is 13.0. The maximum Gasteiger partial charge on any atom is 0.265 e. The molecule has 0 bridgehead atoms. The number of para-hydroxylation sites is 1. The smallest absolute Gasteiger partial charge is 0.265 e. The quantitative estimate of drug-likeness (QED) is 0.845. The van der Waals surface area contributed by atoms with E-state index in [9.17, 15) is 8.78 Å². The summed E-state index contributed by atoms with van der Waals surface area (Å²) in [5.74, 6) is 0.871. The van der Waals surface area contributed by atoms with E-state index in [-0.39, 0.29) is 11.7 Å². The van der Waals surface area contributed by atoms with E-state index < -0.39 is 6.43 Å². The molecule has 3 nitrogen and oxygen atoms in total. The Labute approximate surface area is 121 Å². The van der Waals surface area contributed by atoms with Crippen molar-refractivity contribution in [1.29, 1.82) is 0 Å². The highest BCUT2D eigenvalue weighted by molar-refractivity contribution is 5.58. The molecule has 0 aliphatic carbocycles. The fourth-order valence-corrected chi connectivity index (χ4v) is 2.51. The van der Waals surface area contributed by atoms with Crippen LogP contribution in [0, 0.1) is 0 Å². The minimum Gasteiger partial charge on any atom is -0.488 e. The number of nitrogen functional groups attached to an aromatic ring is 1. The summed E-state index contributed by atoms with van der Waals surface area (Å²) < 4.78 is 31.8. The van der Waals surface area contributed by atoms with Crippen LogP contribution in [0.4, 0.5) is 20.2 Å². The number of ether oxygens (including phenoxy) is 1. The topological polar surface area (TPSA) is 47.3 Å². The predicted molar refractivity (Wildman–Crippen MR) is 78.9 cm³/mol. The molecule has 0 aromatic heterocycles. The highest BCUT2D eigenvalue weighted by Crippen LogP contribution is 2.31. The zero-order chi connectivity index (χ0) is 14.8. The Morgan fingerprint density at radius 2 is 2.05 bits per heavy atom. The van der Waals surface area contributed by atoms with Crippen molar-refractivity contribution in [2.75, 3.05) is 17.6 Å². The molecule has 2 aromatic carbocycles. The van der Waals surface area contributed by atoms with Crippen molar-refractivity contribution in [2.45, 2.75) is 19.0 Å². The predicted octanol–water partition coefficient (Wildman–Crippen LogP) is 3.62. The molecule has 0 amide bonds. The van der Waals surface area contributed by atoms with Crippen LogP contribution in [0.3, 0.4) is 0 Å². The average Bonchev–Trinajstić information content (AvgIpc) is 2.88. The molecule has 1 heterocycles. The van der Waals surface area contributed by atoms with Gasteiger partial charge in [0.2, 0.25) is 0 Å². The van der Waals surface area contributed by atoms with Crippen LogP contribution in [0.25, 0.3) is 0 Å². The van der Waals surface area contributed by atoms with Gasteiger partial charge in [-0.15, -0.1) is 0 Å². The summed E-state index contributed by atoms with van der Waals surface area (Å²) in [4.78, 5) is 0. The van der Waals surface area contributed by atoms with E-state index in [0.29, 0.717) is 17.9 Å². The molecule has 5 heteroatoms. The van der Waals surface area contributed by atoms with E-state index in [0.717, 1.165) is 17.7 Å². The standard InChI is InChI=1S/C16H16F2N2O/c17-16(18)13-8-11(19)5-6-14(13)20-9-12-7-10-3-1-2-4-15(10)21-12/h1-6,8,12,16,20H,7,9,19H2. The first-order valence-electron chi connectivity index (χ1n) is 6.79. The van der Waals surface area contributed by atoms with Gasteiger partial charge in [0.15, 0.2) is 0 Å². The summed E-state index contributed by atoms with van der Waals surface area (Å²) in [7, 11) is 0. The zero-order valence-corrected chi connectivity index (χ0v) is 11.4. The van der Waals surface area contributed by atoms with Gasteiger partial charge >= 0.3 is 0 Å². The van der Waals surface area contributed by atoms with Gasteiger partial charge in [0, 0.05) is 23.4 Å². The van der Waals surface area contributed by atoms with Crippen LogP contribution >= 0.6 is 0 Å². The van der Waals surface area contributed by atoms with E-state index in [1.807, 2.05) is 24.3 Å². The number of nitrogens with two attached hydrogens (primary N) is 1. The fourth-order valence-electron chi connectivity index (χ4n) is 2.51. The van der Waals surface area contributed by atoms with Crippen LogP contribution in [-0.4, -0.2) is 12.6 Å². The van der Waals surface area contributed by atoms with E-state index in [4.69, 9.17) is 10.5 Å². The normalized spacial score (nSPS) is 16.6. The van der Waals surface area contributed by atoms with Crippen LogP contribution in [0.5, 0.6) is 5.75 Å². The van der Waals surface area contributed by atoms with Crippen molar-refractivity contribution < 1.29 is 13.5 Å². The van der Waals surface area contributed by atoms with Crippen LogP contribution < -0.4 is 15.8 Å². The minimum absolute atomic E-state index is 0.0505. The molecule has 21 heavy (non-hydrogen) atoms. The second kappa shape index (κ2) is 5.60. The highest BCUT2D eigenvalue weighted by Gasteiger charge is 2.22. The number of anilines is 2. The molecular weight excluding hydrogens is 274 g/mol. The Kier molecular flexibility index (Phi) is 3.64. The number of nitrogens with one attached hydrogen (secondary N) is 1. The summed E-state index contributed by atoms with van der Waals surface area (Å²) in [5.41, 5.74) is 7.36. The van der Waals surface area contributed by atoms with Gasteiger partial charge < -0.3 is 15.8 Å². The Morgan fingerprint density at radius 1 is 1.24 bits per heavy atom. The van der Waals surface area contributed by atoms with Crippen molar-refractivity contribution >= 4 is 11.4 Å². The van der Waals surface area contributed by atoms with E-state index in [1.165, 1.54) is 6.07 Å². The fraction of sp³-hybridized carbons (Fsp3) is 0.250. The van der Waals surface area contributed by atoms with Gasteiger partial charge in [0.1, 0.15) is 11.9 Å². The number of hydrogen-bond donors (Lipinski definition) is 2. The molecule has 1 atom stereocenters. The molecular formula is C16H16F2N2O. The van der Waals surface area contributed by atoms with Gasteiger partial charge in [-0.25, -0.2) is 8.78 Å². The molecule has 3 N–H and O–H groups in total. The third-order valence-corrected chi connectivity index (χ3v) is 3.54. The molecule has 1 unspecified atom stereocenters. The molecule has 1 aliphatic heterocycles. The number of halogens is 2. The van der Waals surface area contributed by atoms with Crippen molar-refractivity contribution in [2.24, 2.45) is 0 Å². The molecule has 0 fully saturated rings. The molecule has 2 aromatic rings. The van der Waals surface area contributed by atoms with Gasteiger partial charge in [0.05, 0.1) is 6.54 Å². The van der Waals surface area contributed by atoms with Crippen molar-refractivity contribution in [3.8, 4) is 5.75 Å². The van der Waals surface area contributed by atoms with Gasteiger partial charge in [0.25, 0.3) is 6.43 Å². The second-order valence-corrected chi connectivity index (χ2v) is 5.08. The third kappa shape index (κ3) is 2.91.